The lowest BCUT2D eigenvalue weighted by Crippen LogP contribution is -2.27. The van der Waals surface area contributed by atoms with Crippen LogP contribution in [0.1, 0.15) is 11.6 Å². The minimum Gasteiger partial charge on any atom is -0.497 e. The van der Waals surface area contributed by atoms with Crippen LogP contribution in [0.25, 0.3) is 0 Å². The second-order valence-corrected chi connectivity index (χ2v) is 5.79. The fourth-order valence-electron chi connectivity index (χ4n) is 2.16. The Morgan fingerprint density at radius 1 is 1.24 bits per heavy atom. The maximum absolute atomic E-state index is 5.31. The first-order valence-corrected chi connectivity index (χ1v) is 7.56. The van der Waals surface area contributed by atoms with E-state index in [4.69, 9.17) is 4.74 Å². The molecule has 1 atom stereocenters. The first kappa shape index (κ1) is 15.8. The Labute approximate surface area is 134 Å². The van der Waals surface area contributed by atoms with Gasteiger partial charge < -0.3 is 15.0 Å². The average molecular weight is 350 g/mol. The Morgan fingerprint density at radius 3 is 2.67 bits per heavy atom. The molecule has 0 saturated heterocycles. The average Bonchev–Trinajstić information content (AvgIpc) is 2.47. The van der Waals surface area contributed by atoms with Crippen LogP contribution in [0.2, 0.25) is 0 Å². The lowest BCUT2D eigenvalue weighted by molar-refractivity contribution is 0.310. The van der Waals surface area contributed by atoms with E-state index in [9.17, 15) is 0 Å². The molecule has 0 amide bonds. The summed E-state index contributed by atoms with van der Waals surface area (Å²) >= 11 is 3.38. The van der Waals surface area contributed by atoms with Crippen molar-refractivity contribution in [3.05, 3.63) is 52.6 Å². The number of methoxy groups -OCH3 is 1. The predicted octanol–water partition coefficient (Wildman–Crippen LogP) is 3.57. The Balaban J connectivity index is 2.12. The van der Waals surface area contributed by atoms with Gasteiger partial charge >= 0.3 is 0 Å². The minimum absolute atomic E-state index is 0.237. The zero-order valence-corrected chi connectivity index (χ0v) is 14.1. The number of ether oxygens (including phenoxy) is 1. The van der Waals surface area contributed by atoms with E-state index in [0.717, 1.165) is 22.7 Å². The van der Waals surface area contributed by atoms with Gasteiger partial charge in [0.25, 0.3) is 0 Å². The summed E-state index contributed by atoms with van der Waals surface area (Å²) in [6.45, 7) is 0.767. The van der Waals surface area contributed by atoms with E-state index < -0.39 is 0 Å². The molecule has 112 valence electrons. The number of rotatable bonds is 6. The summed E-state index contributed by atoms with van der Waals surface area (Å²) in [4.78, 5) is 6.57. The lowest BCUT2D eigenvalue weighted by atomic mass is 10.1. The molecule has 0 spiro atoms. The topological polar surface area (TPSA) is 37.4 Å². The molecule has 0 saturated carbocycles. The third-order valence-corrected chi connectivity index (χ3v) is 3.74. The van der Waals surface area contributed by atoms with Crippen molar-refractivity contribution in [3.63, 3.8) is 0 Å². The molecule has 0 aliphatic heterocycles. The van der Waals surface area contributed by atoms with Crippen LogP contribution in [-0.4, -0.2) is 37.6 Å². The van der Waals surface area contributed by atoms with Gasteiger partial charge in [-0.1, -0.05) is 18.2 Å². The quantitative estimate of drug-likeness (QED) is 0.809. The van der Waals surface area contributed by atoms with Gasteiger partial charge in [0.2, 0.25) is 0 Å². The molecule has 5 heteroatoms. The van der Waals surface area contributed by atoms with Crippen molar-refractivity contribution in [3.8, 4) is 5.75 Å². The summed E-state index contributed by atoms with van der Waals surface area (Å²) < 4.78 is 6.13. The first-order valence-electron chi connectivity index (χ1n) is 6.77. The van der Waals surface area contributed by atoms with E-state index in [1.54, 1.807) is 7.11 Å². The molecular formula is C16H20BrN3O. The van der Waals surface area contributed by atoms with E-state index in [0.29, 0.717) is 0 Å². The van der Waals surface area contributed by atoms with E-state index in [2.05, 4.69) is 57.4 Å². The third-order valence-electron chi connectivity index (χ3n) is 3.29. The Bertz CT molecular complexity index is 589. The van der Waals surface area contributed by atoms with Crippen LogP contribution in [0, 0.1) is 0 Å². The zero-order valence-electron chi connectivity index (χ0n) is 12.5. The van der Waals surface area contributed by atoms with Gasteiger partial charge in [0, 0.05) is 6.54 Å². The number of nitrogens with one attached hydrogen (secondary N) is 1. The second-order valence-electron chi connectivity index (χ2n) is 4.98. The molecule has 0 radical (unpaired) electrons. The van der Waals surface area contributed by atoms with Gasteiger partial charge in [-0.3, -0.25) is 0 Å². The zero-order chi connectivity index (χ0) is 15.2. The van der Waals surface area contributed by atoms with E-state index in [-0.39, 0.29) is 6.04 Å². The van der Waals surface area contributed by atoms with Gasteiger partial charge in [-0.25, -0.2) is 4.98 Å². The highest BCUT2D eigenvalue weighted by Gasteiger charge is 2.14. The lowest BCUT2D eigenvalue weighted by Gasteiger charge is -2.25. The van der Waals surface area contributed by atoms with Crippen molar-refractivity contribution in [2.24, 2.45) is 0 Å². The highest BCUT2D eigenvalue weighted by atomic mass is 79.9. The molecular weight excluding hydrogens is 330 g/mol. The summed E-state index contributed by atoms with van der Waals surface area (Å²) in [6.07, 6.45) is 0. The molecule has 4 nitrogen and oxygen atoms in total. The number of hydrogen-bond donors (Lipinski definition) is 1. The molecule has 2 rings (SSSR count). The molecule has 1 unspecified atom stereocenters. The molecule has 2 aromatic rings. The predicted molar refractivity (Wildman–Crippen MR) is 89.8 cm³/mol. The fraction of sp³-hybridized carbons (Fsp3) is 0.312. The van der Waals surface area contributed by atoms with Gasteiger partial charge in [0.15, 0.2) is 0 Å². The number of pyridine rings is 1. The van der Waals surface area contributed by atoms with Crippen LogP contribution in [-0.2, 0) is 0 Å². The number of likely N-dealkylation sites (N-methyl/N-ethyl adjacent to an activating group) is 1. The smallest absolute Gasteiger partial charge is 0.127 e. The van der Waals surface area contributed by atoms with Gasteiger partial charge in [-0.2, -0.15) is 0 Å². The minimum atomic E-state index is 0.237. The van der Waals surface area contributed by atoms with Crippen molar-refractivity contribution in [1.82, 2.24) is 9.88 Å². The molecule has 1 heterocycles. The number of nitrogens with zero attached hydrogens (tertiary/aromatic N) is 2. The number of hydrogen-bond acceptors (Lipinski definition) is 4. The van der Waals surface area contributed by atoms with Crippen LogP contribution in [0.5, 0.6) is 5.75 Å². The summed E-state index contributed by atoms with van der Waals surface area (Å²) in [6, 6.07) is 14.2. The molecule has 0 fully saturated rings. The highest BCUT2D eigenvalue weighted by molar-refractivity contribution is 9.10. The fourth-order valence-corrected chi connectivity index (χ4v) is 2.50. The Morgan fingerprint density at radius 2 is 2.00 bits per heavy atom. The SMILES string of the molecule is COc1cccc(C(CNc2cccc(Br)n2)N(C)C)c1. The molecule has 0 aliphatic carbocycles. The summed E-state index contributed by atoms with van der Waals surface area (Å²) in [5, 5.41) is 3.38. The molecule has 0 aliphatic rings. The van der Waals surface area contributed by atoms with Crippen molar-refractivity contribution in [2.75, 3.05) is 33.1 Å². The number of anilines is 1. The van der Waals surface area contributed by atoms with E-state index >= 15 is 0 Å². The van der Waals surface area contributed by atoms with Crippen LogP contribution < -0.4 is 10.1 Å². The van der Waals surface area contributed by atoms with Crippen molar-refractivity contribution in [2.45, 2.75) is 6.04 Å². The first-order chi connectivity index (χ1) is 10.1. The summed E-state index contributed by atoms with van der Waals surface area (Å²) in [5.74, 6) is 1.74. The highest BCUT2D eigenvalue weighted by Crippen LogP contribution is 2.23. The largest absolute Gasteiger partial charge is 0.497 e. The van der Waals surface area contributed by atoms with Gasteiger partial charge in [-0.15, -0.1) is 0 Å². The molecule has 21 heavy (non-hydrogen) atoms. The Hall–Kier alpha value is -1.59. The Kier molecular flexibility index (Phi) is 5.59. The molecule has 1 aromatic heterocycles. The second kappa shape index (κ2) is 7.43. The van der Waals surface area contributed by atoms with Gasteiger partial charge in [0.1, 0.15) is 16.2 Å². The monoisotopic (exact) mass is 349 g/mol. The van der Waals surface area contributed by atoms with Crippen molar-refractivity contribution in [1.29, 1.82) is 0 Å². The summed E-state index contributed by atoms with van der Waals surface area (Å²) in [7, 11) is 5.83. The van der Waals surface area contributed by atoms with E-state index in [1.807, 2.05) is 30.3 Å². The van der Waals surface area contributed by atoms with Crippen LogP contribution in [0.3, 0.4) is 0 Å². The number of halogens is 1. The summed E-state index contributed by atoms with van der Waals surface area (Å²) in [5.41, 5.74) is 1.21. The van der Waals surface area contributed by atoms with Crippen molar-refractivity contribution < 1.29 is 4.74 Å². The number of aromatic nitrogens is 1. The standard InChI is InChI=1S/C16H20BrN3O/c1-20(2)14(12-6-4-7-13(10-12)21-3)11-18-16-9-5-8-15(17)19-16/h4-10,14H,11H2,1-3H3,(H,18,19). The maximum Gasteiger partial charge on any atom is 0.127 e. The normalized spacial score (nSPS) is 12.2. The molecule has 0 bridgehead atoms. The third kappa shape index (κ3) is 4.44. The molecule has 1 aromatic carbocycles. The molecule has 1 N–H and O–H groups in total. The van der Waals surface area contributed by atoms with Crippen molar-refractivity contribution >= 4 is 21.7 Å². The van der Waals surface area contributed by atoms with Gasteiger partial charge in [-0.05, 0) is 59.9 Å². The van der Waals surface area contributed by atoms with Crippen LogP contribution in [0.4, 0.5) is 5.82 Å². The van der Waals surface area contributed by atoms with E-state index in [1.165, 1.54) is 5.56 Å². The number of benzene rings is 1. The van der Waals surface area contributed by atoms with Crippen LogP contribution >= 0.6 is 15.9 Å². The van der Waals surface area contributed by atoms with Crippen LogP contribution in [0.15, 0.2) is 47.1 Å². The maximum atomic E-state index is 5.31. The van der Waals surface area contributed by atoms with Gasteiger partial charge in [0.05, 0.1) is 13.2 Å².